The van der Waals surface area contributed by atoms with Crippen molar-refractivity contribution in [3.05, 3.63) is 73.1 Å². The maximum atomic E-state index is 4.47. The first-order valence-electron chi connectivity index (χ1n) is 6.44. The van der Waals surface area contributed by atoms with E-state index in [1.165, 1.54) is 0 Å². The summed E-state index contributed by atoms with van der Waals surface area (Å²) in [4.78, 5) is 8.79. The van der Waals surface area contributed by atoms with Crippen LogP contribution in [-0.4, -0.2) is 9.97 Å². The van der Waals surface area contributed by atoms with E-state index in [1.54, 1.807) is 6.20 Å². The molecule has 0 aliphatic carbocycles. The van der Waals surface area contributed by atoms with Crippen LogP contribution in [0.2, 0.25) is 0 Å². The molecule has 0 saturated carbocycles. The molecular weight excluding hydrogens is 333 g/mol. The number of benzene rings is 2. The molecule has 0 fully saturated rings. The molecule has 1 radical (unpaired) electrons. The topological polar surface area (TPSA) is 25.8 Å². The molecule has 21 heavy (non-hydrogen) atoms. The van der Waals surface area contributed by atoms with Gasteiger partial charge in [-0.05, 0) is 17.6 Å². The van der Waals surface area contributed by atoms with Crippen LogP contribution in [-0.2, 0) is 32.7 Å². The summed E-state index contributed by atoms with van der Waals surface area (Å²) in [5.41, 5.74) is 3.88. The van der Waals surface area contributed by atoms with E-state index in [4.69, 9.17) is 0 Å². The van der Waals surface area contributed by atoms with Gasteiger partial charge in [0.25, 0.3) is 0 Å². The SMILES string of the molecule is [Y].[c-]1cc2ncccc2cc1-c1[c-]ccc2cccnc12. The van der Waals surface area contributed by atoms with Gasteiger partial charge in [-0.25, -0.2) is 11.1 Å². The van der Waals surface area contributed by atoms with Gasteiger partial charge in [0, 0.05) is 45.1 Å². The fraction of sp³-hybridized carbons (Fsp3) is 0. The zero-order valence-corrected chi connectivity index (χ0v) is 14.1. The molecule has 0 unspecified atom stereocenters. The third-order valence-corrected chi connectivity index (χ3v) is 3.37. The number of aromatic nitrogens is 2. The molecule has 0 atom stereocenters. The van der Waals surface area contributed by atoms with Crippen molar-refractivity contribution in [1.82, 2.24) is 9.97 Å². The Hall–Kier alpha value is -1.64. The second kappa shape index (κ2) is 6.01. The first-order chi connectivity index (χ1) is 9.92. The van der Waals surface area contributed by atoms with Gasteiger partial charge in [-0.1, -0.05) is 28.4 Å². The molecule has 2 aromatic heterocycles. The van der Waals surface area contributed by atoms with Gasteiger partial charge in [0.1, 0.15) is 0 Å². The molecule has 4 aromatic rings. The summed E-state index contributed by atoms with van der Waals surface area (Å²) in [7, 11) is 0. The number of rotatable bonds is 1. The van der Waals surface area contributed by atoms with Crippen LogP contribution in [0.15, 0.2) is 60.9 Å². The molecular formula is C18H10N2Y-2. The molecule has 0 aliphatic heterocycles. The summed E-state index contributed by atoms with van der Waals surface area (Å²) >= 11 is 0. The van der Waals surface area contributed by atoms with Crippen LogP contribution in [0.25, 0.3) is 32.9 Å². The average molecular weight is 343 g/mol. The average Bonchev–Trinajstić information content (AvgIpc) is 2.54. The maximum Gasteiger partial charge on any atom is 0.0160 e. The van der Waals surface area contributed by atoms with E-state index in [1.807, 2.05) is 36.5 Å². The van der Waals surface area contributed by atoms with Crippen molar-refractivity contribution < 1.29 is 32.7 Å². The van der Waals surface area contributed by atoms with Gasteiger partial charge in [0.05, 0.1) is 0 Å². The van der Waals surface area contributed by atoms with Crippen LogP contribution in [0.5, 0.6) is 0 Å². The van der Waals surface area contributed by atoms with Crippen LogP contribution in [0.3, 0.4) is 0 Å². The molecule has 0 saturated heterocycles. The summed E-state index contributed by atoms with van der Waals surface area (Å²) in [6.45, 7) is 0. The van der Waals surface area contributed by atoms with Crippen LogP contribution in [0.4, 0.5) is 0 Å². The predicted octanol–water partition coefficient (Wildman–Crippen LogP) is 4.05. The Morgan fingerprint density at radius 3 is 2.57 bits per heavy atom. The molecule has 2 heterocycles. The van der Waals surface area contributed by atoms with E-state index in [-0.39, 0.29) is 32.7 Å². The summed E-state index contributed by atoms with van der Waals surface area (Å²) in [6.07, 6.45) is 3.60. The van der Waals surface area contributed by atoms with E-state index < -0.39 is 0 Å². The van der Waals surface area contributed by atoms with Gasteiger partial charge in [-0.2, -0.15) is 24.3 Å². The minimum atomic E-state index is 0. The number of hydrogen-bond acceptors (Lipinski definition) is 2. The van der Waals surface area contributed by atoms with Crippen LogP contribution in [0.1, 0.15) is 0 Å². The van der Waals surface area contributed by atoms with Gasteiger partial charge in [0.2, 0.25) is 0 Å². The predicted molar refractivity (Wildman–Crippen MR) is 80.2 cm³/mol. The zero-order chi connectivity index (χ0) is 13.4. The number of hydrogen-bond donors (Lipinski definition) is 0. The standard InChI is InChI=1S/C18H10N2.Y/c1-4-13-5-2-11-20-18(13)16(7-1)14-8-9-17-15(12-14)6-3-10-19-17;/h1-6,9-12H;/q-2;. The Balaban J connectivity index is 0.00000132. The Bertz CT molecular complexity index is 913. The van der Waals surface area contributed by atoms with Crippen LogP contribution < -0.4 is 0 Å². The Morgan fingerprint density at radius 1 is 0.857 bits per heavy atom. The molecule has 0 spiro atoms. The van der Waals surface area contributed by atoms with Crippen molar-refractivity contribution in [1.29, 1.82) is 0 Å². The third kappa shape index (κ3) is 2.62. The van der Waals surface area contributed by atoms with Crippen LogP contribution >= 0.6 is 0 Å². The summed E-state index contributed by atoms with van der Waals surface area (Å²) < 4.78 is 0. The van der Waals surface area contributed by atoms with E-state index in [2.05, 4.69) is 40.3 Å². The van der Waals surface area contributed by atoms with Gasteiger partial charge in [0.15, 0.2) is 0 Å². The third-order valence-electron chi connectivity index (χ3n) is 3.37. The Morgan fingerprint density at radius 2 is 1.67 bits per heavy atom. The van der Waals surface area contributed by atoms with Crippen molar-refractivity contribution in [2.75, 3.05) is 0 Å². The monoisotopic (exact) mass is 343 g/mol. The smallest absolute Gasteiger partial charge is 0.0160 e. The van der Waals surface area contributed by atoms with Crippen molar-refractivity contribution in [3.63, 3.8) is 0 Å². The van der Waals surface area contributed by atoms with Gasteiger partial charge >= 0.3 is 0 Å². The van der Waals surface area contributed by atoms with E-state index in [0.717, 1.165) is 32.9 Å². The number of nitrogens with zero attached hydrogens (tertiary/aromatic N) is 2. The van der Waals surface area contributed by atoms with Crippen molar-refractivity contribution in [2.24, 2.45) is 0 Å². The van der Waals surface area contributed by atoms with Crippen LogP contribution in [0, 0.1) is 12.1 Å². The second-order valence-electron chi connectivity index (χ2n) is 4.62. The van der Waals surface area contributed by atoms with E-state index in [0.29, 0.717) is 0 Å². The normalized spacial score (nSPS) is 10.5. The Kier molecular flexibility index (Phi) is 4.09. The fourth-order valence-electron chi connectivity index (χ4n) is 2.41. The molecule has 4 rings (SSSR count). The molecule has 3 heteroatoms. The second-order valence-corrected chi connectivity index (χ2v) is 4.62. The van der Waals surface area contributed by atoms with Gasteiger partial charge < -0.3 is 9.97 Å². The minimum absolute atomic E-state index is 0. The van der Waals surface area contributed by atoms with Crippen molar-refractivity contribution in [2.45, 2.75) is 0 Å². The molecule has 0 N–H and O–H groups in total. The van der Waals surface area contributed by atoms with Crippen molar-refractivity contribution in [3.8, 4) is 11.1 Å². The largest absolute Gasteiger partial charge is 0.315 e. The minimum Gasteiger partial charge on any atom is -0.315 e. The summed E-state index contributed by atoms with van der Waals surface area (Å²) in [5, 5.41) is 2.21. The van der Waals surface area contributed by atoms with Crippen molar-refractivity contribution >= 4 is 21.8 Å². The molecule has 0 aliphatic rings. The maximum absolute atomic E-state index is 4.47. The van der Waals surface area contributed by atoms with Gasteiger partial charge in [-0.3, -0.25) is 0 Å². The quantitative estimate of drug-likeness (QED) is 0.488. The molecule has 2 nitrogen and oxygen atoms in total. The fourth-order valence-corrected chi connectivity index (χ4v) is 2.41. The first kappa shape index (κ1) is 14.3. The van der Waals surface area contributed by atoms with Gasteiger partial charge in [-0.15, -0.1) is 12.1 Å². The first-order valence-corrected chi connectivity index (χ1v) is 6.44. The molecule has 97 valence electrons. The Labute approximate surface area is 148 Å². The number of pyridine rings is 2. The van der Waals surface area contributed by atoms with E-state index in [9.17, 15) is 0 Å². The summed E-state index contributed by atoms with van der Waals surface area (Å²) in [5.74, 6) is 0. The van der Waals surface area contributed by atoms with E-state index >= 15 is 0 Å². The summed E-state index contributed by atoms with van der Waals surface area (Å²) in [6, 6.07) is 22.5. The molecule has 0 amide bonds. The number of fused-ring (bicyclic) bond motifs is 2. The molecule has 2 aromatic carbocycles. The zero-order valence-electron chi connectivity index (χ0n) is 11.2. The molecule has 0 bridgehead atoms.